The molecule has 1 atom stereocenters. The Morgan fingerprint density at radius 3 is 2.47 bits per heavy atom. The van der Waals surface area contributed by atoms with Crippen LogP contribution in [0.5, 0.6) is 0 Å². The molecule has 0 aliphatic carbocycles. The predicted octanol–water partition coefficient (Wildman–Crippen LogP) is 3.55. The largest absolute Gasteiger partial charge is 0.380 e. The van der Waals surface area contributed by atoms with E-state index in [1.165, 1.54) is 0 Å². The van der Waals surface area contributed by atoms with Gasteiger partial charge in [0.05, 0.1) is 6.61 Å². The summed E-state index contributed by atoms with van der Waals surface area (Å²) in [4.78, 5) is 0. The molecule has 0 spiro atoms. The first-order chi connectivity index (χ1) is 8.19. The number of hydrogen-bond donors (Lipinski definition) is 1. The summed E-state index contributed by atoms with van der Waals surface area (Å²) in [6, 6.07) is 5.82. The van der Waals surface area contributed by atoms with Crippen molar-refractivity contribution in [2.75, 3.05) is 20.3 Å². The van der Waals surface area contributed by atoms with Gasteiger partial charge in [0.15, 0.2) is 0 Å². The number of hydrogen-bond acceptors (Lipinski definition) is 2. The van der Waals surface area contributed by atoms with E-state index in [1.807, 2.05) is 25.2 Å². The number of ether oxygens (including phenoxy) is 1. The maximum Gasteiger partial charge on any atom is 0.0622 e. The van der Waals surface area contributed by atoms with Gasteiger partial charge < -0.3 is 10.1 Å². The highest BCUT2D eigenvalue weighted by Crippen LogP contribution is 2.25. The van der Waals surface area contributed by atoms with Gasteiger partial charge in [-0.3, -0.25) is 0 Å². The molecule has 1 unspecified atom stereocenters. The number of rotatable bonds is 7. The summed E-state index contributed by atoms with van der Waals surface area (Å²) in [6.45, 7) is 3.56. The standard InChI is InChI=1S/C13H19Cl2NO/c1-3-7-17-9-10(16-2)8-11-12(14)5-4-6-13(11)15/h4-6,10,16H,3,7-9H2,1-2H3. The lowest BCUT2D eigenvalue weighted by Crippen LogP contribution is -2.32. The minimum absolute atomic E-state index is 0.235. The number of benzene rings is 1. The van der Waals surface area contributed by atoms with E-state index in [9.17, 15) is 0 Å². The van der Waals surface area contributed by atoms with Crippen LogP contribution in [-0.2, 0) is 11.2 Å². The molecule has 0 fully saturated rings. The summed E-state index contributed by atoms with van der Waals surface area (Å²) in [5.74, 6) is 0. The SMILES string of the molecule is CCCOCC(Cc1c(Cl)cccc1Cl)NC. The minimum Gasteiger partial charge on any atom is -0.380 e. The molecular formula is C13H19Cl2NO. The highest BCUT2D eigenvalue weighted by atomic mass is 35.5. The van der Waals surface area contributed by atoms with Crippen LogP contribution in [-0.4, -0.2) is 26.3 Å². The van der Waals surface area contributed by atoms with E-state index in [-0.39, 0.29) is 6.04 Å². The Bertz CT molecular complexity index is 324. The molecule has 0 saturated heterocycles. The van der Waals surface area contributed by atoms with Gasteiger partial charge >= 0.3 is 0 Å². The zero-order chi connectivity index (χ0) is 12.7. The molecule has 17 heavy (non-hydrogen) atoms. The van der Waals surface area contributed by atoms with Crippen molar-refractivity contribution in [2.45, 2.75) is 25.8 Å². The molecule has 1 aromatic carbocycles. The van der Waals surface area contributed by atoms with Gasteiger partial charge in [0.2, 0.25) is 0 Å². The zero-order valence-electron chi connectivity index (χ0n) is 10.3. The zero-order valence-corrected chi connectivity index (χ0v) is 11.8. The van der Waals surface area contributed by atoms with Crippen molar-refractivity contribution >= 4 is 23.2 Å². The van der Waals surface area contributed by atoms with Crippen molar-refractivity contribution in [2.24, 2.45) is 0 Å². The predicted molar refractivity (Wildman–Crippen MR) is 74.1 cm³/mol. The molecule has 0 radical (unpaired) electrons. The Labute approximate surface area is 113 Å². The maximum atomic E-state index is 6.14. The van der Waals surface area contributed by atoms with Crippen molar-refractivity contribution in [1.82, 2.24) is 5.32 Å². The van der Waals surface area contributed by atoms with Crippen LogP contribution < -0.4 is 5.32 Å². The first kappa shape index (κ1) is 14.8. The third-order valence-corrected chi connectivity index (χ3v) is 3.30. The third kappa shape index (κ3) is 4.84. The lowest BCUT2D eigenvalue weighted by atomic mass is 10.1. The number of likely N-dealkylation sites (N-methyl/N-ethyl adjacent to an activating group) is 1. The lowest BCUT2D eigenvalue weighted by molar-refractivity contribution is 0.114. The number of halogens is 2. The fraction of sp³-hybridized carbons (Fsp3) is 0.538. The van der Waals surface area contributed by atoms with E-state index in [1.54, 1.807) is 0 Å². The topological polar surface area (TPSA) is 21.3 Å². The van der Waals surface area contributed by atoms with Crippen LogP contribution in [0.4, 0.5) is 0 Å². The normalized spacial score (nSPS) is 12.7. The van der Waals surface area contributed by atoms with Gasteiger partial charge in [-0.15, -0.1) is 0 Å². The molecule has 0 aromatic heterocycles. The molecular weight excluding hydrogens is 257 g/mol. The smallest absolute Gasteiger partial charge is 0.0622 e. The summed E-state index contributed by atoms with van der Waals surface area (Å²) in [5.41, 5.74) is 0.982. The lowest BCUT2D eigenvalue weighted by Gasteiger charge is -2.17. The van der Waals surface area contributed by atoms with Gasteiger partial charge in [0.25, 0.3) is 0 Å². The van der Waals surface area contributed by atoms with Gasteiger partial charge in [0.1, 0.15) is 0 Å². The highest BCUT2D eigenvalue weighted by Gasteiger charge is 2.12. The Morgan fingerprint density at radius 2 is 1.94 bits per heavy atom. The van der Waals surface area contributed by atoms with Crippen LogP contribution in [0.3, 0.4) is 0 Å². The first-order valence-electron chi connectivity index (χ1n) is 5.87. The van der Waals surface area contributed by atoms with Crippen LogP contribution in [0.2, 0.25) is 10.0 Å². The first-order valence-corrected chi connectivity index (χ1v) is 6.62. The molecule has 0 heterocycles. The van der Waals surface area contributed by atoms with E-state index in [0.717, 1.165) is 25.0 Å². The van der Waals surface area contributed by atoms with Crippen LogP contribution in [0.25, 0.3) is 0 Å². The molecule has 1 rings (SSSR count). The maximum absolute atomic E-state index is 6.14. The average Bonchev–Trinajstić information content (AvgIpc) is 2.32. The second-order valence-corrected chi connectivity index (χ2v) is 4.78. The van der Waals surface area contributed by atoms with Gasteiger partial charge in [0, 0.05) is 22.7 Å². The summed E-state index contributed by atoms with van der Waals surface area (Å²) in [7, 11) is 1.92. The molecule has 4 heteroatoms. The Morgan fingerprint density at radius 1 is 1.29 bits per heavy atom. The third-order valence-electron chi connectivity index (χ3n) is 2.59. The van der Waals surface area contributed by atoms with Gasteiger partial charge in [-0.05, 0) is 37.6 Å². The summed E-state index contributed by atoms with van der Waals surface area (Å²) >= 11 is 12.3. The average molecular weight is 276 g/mol. The van der Waals surface area contributed by atoms with E-state index in [2.05, 4.69) is 12.2 Å². The van der Waals surface area contributed by atoms with Crippen LogP contribution in [0, 0.1) is 0 Å². The van der Waals surface area contributed by atoms with Crippen molar-refractivity contribution in [3.05, 3.63) is 33.8 Å². The van der Waals surface area contributed by atoms with Crippen molar-refractivity contribution in [1.29, 1.82) is 0 Å². The molecule has 0 aliphatic rings. The summed E-state index contributed by atoms with van der Waals surface area (Å²) in [5, 5.41) is 4.65. The summed E-state index contributed by atoms with van der Waals surface area (Å²) < 4.78 is 5.54. The molecule has 96 valence electrons. The van der Waals surface area contributed by atoms with Crippen LogP contribution >= 0.6 is 23.2 Å². The minimum atomic E-state index is 0.235. The highest BCUT2D eigenvalue weighted by molar-refractivity contribution is 6.35. The van der Waals surface area contributed by atoms with E-state index in [0.29, 0.717) is 16.7 Å². The van der Waals surface area contributed by atoms with Gasteiger partial charge in [-0.1, -0.05) is 36.2 Å². The summed E-state index contributed by atoms with van der Waals surface area (Å²) in [6.07, 6.45) is 1.81. The van der Waals surface area contributed by atoms with Crippen LogP contribution in [0.15, 0.2) is 18.2 Å². The number of nitrogens with one attached hydrogen (secondary N) is 1. The van der Waals surface area contributed by atoms with Crippen molar-refractivity contribution in [3.8, 4) is 0 Å². The van der Waals surface area contributed by atoms with E-state index >= 15 is 0 Å². The Hall–Kier alpha value is -0.280. The quantitative estimate of drug-likeness (QED) is 0.769. The molecule has 0 saturated carbocycles. The molecule has 2 nitrogen and oxygen atoms in total. The molecule has 1 N–H and O–H groups in total. The van der Waals surface area contributed by atoms with Crippen molar-refractivity contribution < 1.29 is 4.74 Å². The molecule has 0 bridgehead atoms. The molecule has 0 amide bonds. The second-order valence-electron chi connectivity index (χ2n) is 3.96. The molecule has 0 aliphatic heterocycles. The second kappa shape index (κ2) is 7.93. The monoisotopic (exact) mass is 275 g/mol. The van der Waals surface area contributed by atoms with E-state index in [4.69, 9.17) is 27.9 Å². The van der Waals surface area contributed by atoms with Crippen molar-refractivity contribution in [3.63, 3.8) is 0 Å². The molecule has 1 aromatic rings. The van der Waals surface area contributed by atoms with E-state index < -0.39 is 0 Å². The fourth-order valence-electron chi connectivity index (χ4n) is 1.59. The van der Waals surface area contributed by atoms with Gasteiger partial charge in [-0.25, -0.2) is 0 Å². The Balaban J connectivity index is 2.60. The Kier molecular flexibility index (Phi) is 6.90. The van der Waals surface area contributed by atoms with Gasteiger partial charge in [-0.2, -0.15) is 0 Å². The van der Waals surface area contributed by atoms with Crippen LogP contribution in [0.1, 0.15) is 18.9 Å². The fourth-order valence-corrected chi connectivity index (χ4v) is 2.14.